The Hall–Kier alpha value is -3.24. The van der Waals surface area contributed by atoms with Crippen molar-refractivity contribution in [2.24, 2.45) is 0 Å². The van der Waals surface area contributed by atoms with Crippen LogP contribution in [0.2, 0.25) is 20.1 Å². The number of carbonyl (C=O) groups is 3. The van der Waals surface area contributed by atoms with E-state index in [4.69, 9.17) is 51.1 Å². The fourth-order valence-corrected chi connectivity index (χ4v) is 4.30. The number of urea groups is 1. The number of amides is 4. The smallest absolute Gasteiger partial charge is 0.416 e. The van der Waals surface area contributed by atoms with E-state index in [1.165, 1.54) is 24.3 Å². The minimum atomic E-state index is -4.77. The van der Waals surface area contributed by atoms with Gasteiger partial charge in [0.15, 0.2) is 0 Å². The van der Waals surface area contributed by atoms with E-state index in [0.29, 0.717) is 32.6 Å². The van der Waals surface area contributed by atoms with E-state index in [1.54, 1.807) is 12.1 Å². The topological polar surface area (TPSA) is 75.7 Å². The number of rotatable bonds is 5. The van der Waals surface area contributed by atoms with Crippen LogP contribution in [0.4, 0.5) is 23.7 Å². The van der Waals surface area contributed by atoms with Gasteiger partial charge in [-0.3, -0.25) is 14.9 Å². The zero-order valence-electron chi connectivity index (χ0n) is 18.7. The Bertz CT molecular complexity index is 1510. The fraction of sp³-hybridized carbons (Fsp3) is 0.0800. The van der Waals surface area contributed by atoms with Crippen molar-refractivity contribution in [3.05, 3.63) is 97.0 Å². The molecular formula is C25H13Cl4F3N2O4. The number of halogens is 7. The Morgan fingerprint density at radius 3 is 2.24 bits per heavy atom. The summed E-state index contributed by atoms with van der Waals surface area (Å²) in [6.45, 7) is -0.0155. The highest BCUT2D eigenvalue weighted by Crippen LogP contribution is 2.37. The summed E-state index contributed by atoms with van der Waals surface area (Å²) in [6.07, 6.45) is -3.67. The fourth-order valence-electron chi connectivity index (χ4n) is 3.45. The molecule has 4 amide bonds. The summed E-state index contributed by atoms with van der Waals surface area (Å²) in [7, 11) is 0. The molecule has 3 aromatic carbocycles. The molecule has 1 aliphatic rings. The van der Waals surface area contributed by atoms with E-state index in [-0.39, 0.29) is 28.0 Å². The third-order valence-electron chi connectivity index (χ3n) is 5.29. The van der Waals surface area contributed by atoms with Crippen molar-refractivity contribution in [1.82, 2.24) is 5.32 Å². The van der Waals surface area contributed by atoms with E-state index >= 15 is 0 Å². The number of anilines is 1. The first-order chi connectivity index (χ1) is 17.8. The molecular weight excluding hydrogens is 591 g/mol. The normalized spacial score (nSPS) is 15.2. The molecule has 38 heavy (non-hydrogen) atoms. The molecule has 3 aromatic rings. The highest BCUT2D eigenvalue weighted by molar-refractivity contribution is 6.42. The molecule has 0 aliphatic carbocycles. The predicted molar refractivity (Wildman–Crippen MR) is 138 cm³/mol. The van der Waals surface area contributed by atoms with Gasteiger partial charge < -0.3 is 4.74 Å². The van der Waals surface area contributed by atoms with Crippen LogP contribution in [-0.2, 0) is 22.4 Å². The summed E-state index contributed by atoms with van der Waals surface area (Å²) < 4.78 is 45.6. The largest absolute Gasteiger partial charge is 0.488 e. The highest BCUT2D eigenvalue weighted by atomic mass is 35.5. The van der Waals surface area contributed by atoms with Crippen molar-refractivity contribution in [2.45, 2.75) is 12.8 Å². The van der Waals surface area contributed by atoms with Crippen molar-refractivity contribution >= 4 is 76.0 Å². The van der Waals surface area contributed by atoms with Crippen LogP contribution in [0.5, 0.6) is 5.75 Å². The lowest BCUT2D eigenvalue weighted by molar-refractivity contribution is -0.137. The predicted octanol–water partition coefficient (Wildman–Crippen LogP) is 7.56. The number of carbonyl (C=O) groups excluding carboxylic acids is 3. The summed E-state index contributed by atoms with van der Waals surface area (Å²) >= 11 is 24.2. The van der Waals surface area contributed by atoms with Gasteiger partial charge in [0.2, 0.25) is 0 Å². The molecule has 1 fully saturated rings. The second-order valence-corrected chi connectivity index (χ2v) is 9.52. The standard InChI is InChI=1S/C25H13Cl4F3N2O4/c26-15-4-6-21(38-11-12-1-3-16(27)10-19(12)29)13(7-15)8-17-22(35)33-24(37)34(23(17)36)20-9-14(25(30,31)32)2-5-18(20)28/h1-10H,11H2,(H,33,35,37)/b17-8-. The number of barbiturate groups is 1. The number of benzene rings is 3. The van der Waals surface area contributed by atoms with Gasteiger partial charge in [-0.1, -0.05) is 52.5 Å². The number of imide groups is 2. The average Bonchev–Trinajstić information content (AvgIpc) is 2.82. The highest BCUT2D eigenvalue weighted by Gasteiger charge is 2.39. The molecule has 4 rings (SSSR count). The number of hydrogen-bond donors (Lipinski definition) is 1. The van der Waals surface area contributed by atoms with Crippen LogP contribution >= 0.6 is 46.4 Å². The third kappa shape index (κ3) is 5.91. The van der Waals surface area contributed by atoms with Crippen LogP contribution in [-0.4, -0.2) is 17.8 Å². The first-order valence-corrected chi connectivity index (χ1v) is 12.0. The molecule has 0 aromatic heterocycles. The Morgan fingerprint density at radius 1 is 0.868 bits per heavy atom. The van der Waals surface area contributed by atoms with Crippen LogP contribution in [0.1, 0.15) is 16.7 Å². The number of alkyl halides is 3. The lowest BCUT2D eigenvalue weighted by atomic mass is 10.1. The van der Waals surface area contributed by atoms with Gasteiger partial charge in [0.05, 0.1) is 16.3 Å². The van der Waals surface area contributed by atoms with Gasteiger partial charge in [-0.05, 0) is 54.6 Å². The van der Waals surface area contributed by atoms with E-state index in [1.807, 2.05) is 5.32 Å². The first-order valence-electron chi connectivity index (χ1n) is 10.5. The monoisotopic (exact) mass is 602 g/mol. The minimum absolute atomic E-state index is 0.0155. The van der Waals surface area contributed by atoms with Gasteiger partial charge in [0, 0.05) is 26.2 Å². The molecule has 0 saturated carbocycles. The quantitative estimate of drug-likeness (QED) is 0.241. The van der Waals surface area contributed by atoms with E-state index in [9.17, 15) is 27.6 Å². The molecule has 0 unspecified atom stereocenters. The second-order valence-electron chi connectivity index (χ2n) is 7.83. The van der Waals surface area contributed by atoms with Crippen LogP contribution in [0.15, 0.2) is 60.2 Å². The van der Waals surface area contributed by atoms with E-state index in [2.05, 4.69) is 0 Å². The molecule has 1 saturated heterocycles. The average molecular weight is 604 g/mol. The van der Waals surface area contributed by atoms with Gasteiger partial charge in [-0.15, -0.1) is 0 Å². The Labute approximate surface area is 233 Å². The van der Waals surface area contributed by atoms with Crippen molar-refractivity contribution in [2.75, 3.05) is 4.90 Å². The zero-order chi connectivity index (χ0) is 27.8. The van der Waals surface area contributed by atoms with Crippen LogP contribution in [0.25, 0.3) is 6.08 Å². The first kappa shape index (κ1) is 27.8. The number of hydrogen-bond acceptors (Lipinski definition) is 4. The van der Waals surface area contributed by atoms with E-state index < -0.39 is 40.8 Å². The lowest BCUT2D eigenvalue weighted by Gasteiger charge is -2.27. The lowest BCUT2D eigenvalue weighted by Crippen LogP contribution is -2.54. The van der Waals surface area contributed by atoms with E-state index in [0.717, 1.165) is 12.1 Å². The maximum atomic E-state index is 13.3. The summed E-state index contributed by atoms with van der Waals surface area (Å²) in [5, 5.41) is 2.62. The summed E-state index contributed by atoms with van der Waals surface area (Å²) in [6, 6.07) is 10.0. The summed E-state index contributed by atoms with van der Waals surface area (Å²) in [4.78, 5) is 38.7. The Kier molecular flexibility index (Phi) is 7.94. The SMILES string of the molecule is O=C1NC(=O)N(c2cc(C(F)(F)F)ccc2Cl)C(=O)/C1=C\c1cc(Cl)ccc1OCc1ccc(Cl)cc1Cl. The molecule has 1 heterocycles. The molecule has 1 aliphatic heterocycles. The van der Waals surface area contributed by atoms with Gasteiger partial charge in [-0.25, -0.2) is 9.69 Å². The number of nitrogens with one attached hydrogen (secondary N) is 1. The van der Waals surface area contributed by atoms with Crippen molar-refractivity contribution < 1.29 is 32.3 Å². The molecule has 6 nitrogen and oxygen atoms in total. The number of ether oxygens (including phenoxy) is 1. The van der Waals surface area contributed by atoms with Crippen LogP contribution < -0.4 is 15.0 Å². The van der Waals surface area contributed by atoms with Crippen molar-refractivity contribution in [3.8, 4) is 5.75 Å². The summed E-state index contributed by atoms with van der Waals surface area (Å²) in [5.74, 6) is -2.09. The van der Waals surface area contributed by atoms with Gasteiger partial charge in [0.25, 0.3) is 11.8 Å². The molecule has 0 bridgehead atoms. The van der Waals surface area contributed by atoms with Gasteiger partial charge >= 0.3 is 12.2 Å². The van der Waals surface area contributed by atoms with Crippen LogP contribution in [0, 0.1) is 0 Å². The minimum Gasteiger partial charge on any atom is -0.488 e. The van der Waals surface area contributed by atoms with Gasteiger partial charge in [-0.2, -0.15) is 13.2 Å². The molecule has 13 heteroatoms. The van der Waals surface area contributed by atoms with Crippen LogP contribution in [0.3, 0.4) is 0 Å². The molecule has 0 atom stereocenters. The molecule has 1 N–H and O–H groups in total. The Balaban J connectivity index is 1.71. The van der Waals surface area contributed by atoms with Gasteiger partial charge in [0.1, 0.15) is 17.9 Å². The zero-order valence-corrected chi connectivity index (χ0v) is 21.7. The molecule has 0 spiro atoms. The summed E-state index contributed by atoms with van der Waals surface area (Å²) in [5.41, 5.74) is -1.51. The molecule has 196 valence electrons. The third-order valence-corrected chi connectivity index (χ3v) is 6.43. The Morgan fingerprint density at radius 2 is 1.55 bits per heavy atom. The maximum absolute atomic E-state index is 13.3. The van der Waals surface area contributed by atoms with Crippen molar-refractivity contribution in [1.29, 1.82) is 0 Å². The number of nitrogens with zero attached hydrogens (tertiary/aromatic N) is 1. The maximum Gasteiger partial charge on any atom is 0.416 e. The van der Waals surface area contributed by atoms with Crippen molar-refractivity contribution in [3.63, 3.8) is 0 Å². The second kappa shape index (κ2) is 10.9. The molecule has 0 radical (unpaired) electrons.